The van der Waals surface area contributed by atoms with Crippen LogP contribution in [0.4, 0.5) is 0 Å². The van der Waals surface area contributed by atoms with Gasteiger partial charge in [0.05, 0.1) is 58.9 Å². The summed E-state index contributed by atoms with van der Waals surface area (Å²) in [6.07, 6.45) is 24.1. The van der Waals surface area contributed by atoms with E-state index in [2.05, 4.69) is 153 Å². The zero-order valence-electron chi connectivity index (χ0n) is 43.8. The van der Waals surface area contributed by atoms with Gasteiger partial charge in [0.15, 0.2) is 0 Å². The number of unbranched alkanes of at least 4 members (excludes halogenated alkanes) is 9. The van der Waals surface area contributed by atoms with Crippen molar-refractivity contribution in [3.63, 3.8) is 0 Å². The fourth-order valence-electron chi connectivity index (χ4n) is 9.07. The highest BCUT2D eigenvalue weighted by Crippen LogP contribution is 2.23. The minimum atomic E-state index is -5.39. The number of nitrogens with zero attached hydrogens (tertiary/aromatic N) is 3. The van der Waals surface area contributed by atoms with E-state index in [9.17, 15) is 0 Å². The van der Waals surface area contributed by atoms with Crippen molar-refractivity contribution in [3.05, 3.63) is 108 Å². The summed E-state index contributed by atoms with van der Waals surface area (Å²) in [5.74, 6) is 0. The van der Waals surface area contributed by atoms with Crippen molar-refractivity contribution in [1.82, 2.24) is 0 Å². The van der Waals surface area contributed by atoms with E-state index in [1.807, 2.05) is 0 Å². The van der Waals surface area contributed by atoms with Gasteiger partial charge in [-0.15, -0.1) is 0 Å². The zero-order chi connectivity index (χ0) is 48.6. The highest BCUT2D eigenvalue weighted by molar-refractivity contribution is 7.40. The molecule has 7 nitrogen and oxygen atoms in total. The van der Waals surface area contributed by atoms with Gasteiger partial charge in [-0.25, -0.2) is 0 Å². The Morgan fingerprint density at radius 3 is 0.569 bits per heavy atom. The van der Waals surface area contributed by atoms with Crippen molar-refractivity contribution in [3.8, 4) is 0 Å². The SMILES string of the molecule is CCCC[N+](CCCC)(CCCC)Cc1ccccc1.CCCC[N+](CCCC)(CCCC)Cc1ccccc1.CCCC[N+](CCCC)(CCCC)Cc1ccccc1.O=P([O-])([O-])[O-]. The van der Waals surface area contributed by atoms with Crippen LogP contribution in [0, 0.1) is 0 Å². The molecule has 0 radical (unpaired) electrons. The lowest BCUT2D eigenvalue weighted by atomic mass is 10.1. The summed E-state index contributed by atoms with van der Waals surface area (Å²) in [5, 5.41) is 0. The molecule has 0 fully saturated rings. The molecule has 0 aromatic heterocycles. The molecule has 374 valence electrons. The first-order valence-electron chi connectivity index (χ1n) is 26.7. The summed E-state index contributed by atoms with van der Waals surface area (Å²) in [4.78, 5) is 25.6. The Kier molecular flexibility index (Phi) is 38.2. The minimum Gasteiger partial charge on any atom is -0.822 e. The minimum absolute atomic E-state index is 1.22. The second-order valence-electron chi connectivity index (χ2n) is 19.1. The van der Waals surface area contributed by atoms with Gasteiger partial charge in [-0.05, 0) is 57.8 Å². The molecule has 0 aliphatic heterocycles. The van der Waals surface area contributed by atoms with Gasteiger partial charge < -0.3 is 32.7 Å². The molecule has 3 aromatic rings. The predicted octanol–water partition coefficient (Wildman–Crippen LogP) is 13.4. The van der Waals surface area contributed by atoms with E-state index in [-0.39, 0.29) is 0 Å². The van der Waals surface area contributed by atoms with Gasteiger partial charge in [-0.1, -0.05) is 211 Å². The summed E-state index contributed by atoms with van der Waals surface area (Å²) >= 11 is 0. The molecule has 0 saturated carbocycles. The summed E-state index contributed by atoms with van der Waals surface area (Å²) in [6.45, 7) is 36.7. The lowest BCUT2D eigenvalue weighted by molar-refractivity contribution is -0.941. The van der Waals surface area contributed by atoms with E-state index >= 15 is 0 Å². The van der Waals surface area contributed by atoms with Crippen LogP contribution in [0.5, 0.6) is 0 Å². The molecule has 0 N–H and O–H groups in total. The van der Waals surface area contributed by atoms with Crippen LogP contribution in [0.25, 0.3) is 0 Å². The van der Waals surface area contributed by atoms with Crippen LogP contribution in [0.2, 0.25) is 0 Å². The molecule has 3 rings (SSSR count). The van der Waals surface area contributed by atoms with E-state index < -0.39 is 7.82 Å². The molecular formula is C57H102N3O4P. The third-order valence-corrected chi connectivity index (χ3v) is 13.0. The van der Waals surface area contributed by atoms with Crippen molar-refractivity contribution in [1.29, 1.82) is 0 Å². The van der Waals surface area contributed by atoms with Gasteiger partial charge in [0.1, 0.15) is 19.6 Å². The second-order valence-corrected chi connectivity index (χ2v) is 20.0. The van der Waals surface area contributed by atoms with Crippen LogP contribution < -0.4 is 14.7 Å². The van der Waals surface area contributed by atoms with Crippen LogP contribution in [0.1, 0.15) is 195 Å². The Balaban J connectivity index is 0.000000896. The molecule has 0 aliphatic carbocycles. The maximum atomic E-state index is 8.55. The fraction of sp³-hybridized carbons (Fsp3) is 0.684. The molecule has 8 heteroatoms. The maximum Gasteiger partial charge on any atom is 0.104 e. The van der Waals surface area contributed by atoms with E-state index in [1.54, 1.807) is 0 Å². The standard InChI is InChI=1S/3C19H34N.H3O4P/c3*1-4-7-15-20(16-8-5-2,17-9-6-3)18-19-13-11-10-12-14-19;1-5(2,3)4/h3*10-14H,4-9,15-18H2,1-3H3;(H3,1,2,3,4)/q3*+1;/p-3. The molecule has 0 heterocycles. The Morgan fingerprint density at radius 1 is 0.308 bits per heavy atom. The van der Waals surface area contributed by atoms with Gasteiger partial charge in [0.25, 0.3) is 0 Å². The topological polar surface area (TPSA) is 86.2 Å². The highest BCUT2D eigenvalue weighted by atomic mass is 31.2. The van der Waals surface area contributed by atoms with Gasteiger partial charge in [0.2, 0.25) is 0 Å². The van der Waals surface area contributed by atoms with Crippen molar-refractivity contribution in [2.75, 3.05) is 58.9 Å². The Morgan fingerprint density at radius 2 is 0.446 bits per heavy atom. The molecule has 0 aliphatic rings. The van der Waals surface area contributed by atoms with E-state index in [0.29, 0.717) is 0 Å². The third-order valence-electron chi connectivity index (χ3n) is 13.0. The van der Waals surface area contributed by atoms with Crippen molar-refractivity contribution >= 4 is 7.82 Å². The lowest BCUT2D eigenvalue weighted by Crippen LogP contribution is -2.49. The van der Waals surface area contributed by atoms with E-state index in [4.69, 9.17) is 19.2 Å². The largest absolute Gasteiger partial charge is 0.822 e. The van der Waals surface area contributed by atoms with Crippen LogP contribution in [-0.2, 0) is 24.2 Å². The normalized spacial score (nSPS) is 11.8. The van der Waals surface area contributed by atoms with Gasteiger partial charge in [0, 0.05) is 16.7 Å². The Hall–Kier alpha value is -2.35. The Bertz CT molecular complexity index is 1270. The van der Waals surface area contributed by atoms with Gasteiger partial charge >= 0.3 is 0 Å². The van der Waals surface area contributed by atoms with Crippen molar-refractivity contribution < 1.29 is 32.7 Å². The van der Waals surface area contributed by atoms with Crippen molar-refractivity contribution in [2.45, 2.75) is 198 Å². The number of benzene rings is 3. The summed E-state index contributed by atoms with van der Waals surface area (Å²) in [7, 11) is -5.39. The molecular weight excluding hydrogens is 822 g/mol. The number of hydrogen-bond donors (Lipinski definition) is 0. The summed E-state index contributed by atoms with van der Waals surface area (Å²) < 4.78 is 12.5. The van der Waals surface area contributed by atoms with Crippen LogP contribution in [0.15, 0.2) is 91.0 Å². The zero-order valence-corrected chi connectivity index (χ0v) is 44.7. The quantitative estimate of drug-likeness (QED) is 0.0450. The summed E-state index contributed by atoms with van der Waals surface area (Å²) in [5.41, 5.74) is 4.53. The molecule has 0 spiro atoms. The monoisotopic (exact) mass is 924 g/mol. The molecule has 0 amide bonds. The van der Waals surface area contributed by atoms with Gasteiger partial charge in [-0.2, -0.15) is 7.82 Å². The number of phosphoric acid groups is 1. The number of hydrogen-bond acceptors (Lipinski definition) is 4. The van der Waals surface area contributed by atoms with E-state index in [0.717, 1.165) is 0 Å². The molecule has 0 unspecified atom stereocenters. The fourth-order valence-corrected chi connectivity index (χ4v) is 9.07. The first-order valence-corrected chi connectivity index (χ1v) is 28.1. The molecule has 3 aromatic carbocycles. The second kappa shape index (κ2) is 39.6. The Labute approximate surface area is 403 Å². The van der Waals surface area contributed by atoms with Crippen LogP contribution >= 0.6 is 7.82 Å². The first kappa shape index (κ1) is 62.6. The lowest BCUT2D eigenvalue weighted by Gasteiger charge is -2.39. The summed E-state index contributed by atoms with van der Waals surface area (Å²) in [6, 6.07) is 33.3. The van der Waals surface area contributed by atoms with Crippen LogP contribution in [-0.4, -0.2) is 72.4 Å². The maximum absolute atomic E-state index is 8.55. The number of quaternary nitrogens is 3. The highest BCUT2D eigenvalue weighted by Gasteiger charge is 2.28. The van der Waals surface area contributed by atoms with Crippen molar-refractivity contribution in [2.24, 2.45) is 0 Å². The third kappa shape index (κ3) is 32.9. The smallest absolute Gasteiger partial charge is 0.104 e. The molecule has 0 atom stereocenters. The average molecular weight is 924 g/mol. The van der Waals surface area contributed by atoms with Gasteiger partial charge in [-0.3, -0.25) is 0 Å². The average Bonchev–Trinajstić information content (AvgIpc) is 3.31. The first-order chi connectivity index (χ1) is 31.3. The molecule has 0 bridgehead atoms. The molecule has 65 heavy (non-hydrogen) atoms. The van der Waals surface area contributed by atoms with Crippen LogP contribution in [0.3, 0.4) is 0 Å². The number of rotatable bonds is 33. The predicted molar refractivity (Wildman–Crippen MR) is 277 cm³/mol. The van der Waals surface area contributed by atoms with E-state index in [1.165, 1.54) is 224 Å². The molecule has 0 saturated heterocycles.